The van der Waals surface area contributed by atoms with E-state index in [0.29, 0.717) is 17.1 Å². The Kier molecular flexibility index (Phi) is 1.27. The van der Waals surface area contributed by atoms with Crippen molar-refractivity contribution in [3.8, 4) is 0 Å². The average Bonchev–Trinajstić information content (AvgIpc) is 2.33. The maximum Gasteiger partial charge on any atom is 0.266 e. The third-order valence-corrected chi connectivity index (χ3v) is 1.88. The molecule has 0 saturated heterocycles. The Labute approximate surface area is 70.4 Å². The Morgan fingerprint density at radius 3 is 2.50 bits per heavy atom. The Morgan fingerprint density at radius 1 is 1.33 bits per heavy atom. The van der Waals surface area contributed by atoms with Crippen LogP contribution < -0.4 is 0 Å². The molecule has 0 bridgehead atoms. The van der Waals surface area contributed by atoms with Gasteiger partial charge in [0, 0.05) is 12.4 Å². The fraction of sp³-hybridized carbons (Fsp3) is 0. The highest BCUT2D eigenvalue weighted by molar-refractivity contribution is 6.26. The SMILES string of the molecule is BN1C(=C)c2nccnc2C1=O. The topological polar surface area (TPSA) is 46.1 Å². The van der Waals surface area contributed by atoms with Crippen LogP contribution in [-0.4, -0.2) is 28.7 Å². The quantitative estimate of drug-likeness (QED) is 0.477. The van der Waals surface area contributed by atoms with Crippen LogP contribution in [0.4, 0.5) is 0 Å². The van der Waals surface area contributed by atoms with Gasteiger partial charge in [0.1, 0.15) is 5.69 Å². The van der Waals surface area contributed by atoms with Gasteiger partial charge in [-0.2, -0.15) is 0 Å². The molecule has 1 amide bonds. The van der Waals surface area contributed by atoms with Crippen LogP contribution in [0.25, 0.3) is 5.70 Å². The van der Waals surface area contributed by atoms with Crippen LogP contribution in [0.5, 0.6) is 0 Å². The molecule has 0 spiro atoms. The second-order valence-electron chi connectivity index (χ2n) is 2.56. The first-order valence-electron chi connectivity index (χ1n) is 3.50. The summed E-state index contributed by atoms with van der Waals surface area (Å²) in [6.07, 6.45) is 3.06. The number of aromatic nitrogens is 2. The number of carbonyl (C=O) groups excluding carboxylic acids is 1. The zero-order valence-electron chi connectivity index (χ0n) is 6.61. The predicted octanol–water partition coefficient (Wildman–Crippen LogP) is -0.549. The summed E-state index contributed by atoms with van der Waals surface area (Å²) in [4.78, 5) is 20.8. The summed E-state index contributed by atoms with van der Waals surface area (Å²) < 4.78 is 0. The minimum absolute atomic E-state index is 0.136. The largest absolute Gasteiger partial charge is 0.358 e. The number of fused-ring (bicyclic) bond motifs is 1. The molecule has 2 rings (SSSR count). The summed E-state index contributed by atoms with van der Waals surface area (Å²) in [5, 5.41) is 0. The minimum Gasteiger partial charge on any atom is -0.358 e. The van der Waals surface area contributed by atoms with Gasteiger partial charge < -0.3 is 4.81 Å². The van der Waals surface area contributed by atoms with Gasteiger partial charge in [-0.15, -0.1) is 0 Å². The highest BCUT2D eigenvalue weighted by Gasteiger charge is 2.29. The minimum atomic E-state index is -0.136. The lowest BCUT2D eigenvalue weighted by Gasteiger charge is -2.07. The van der Waals surface area contributed by atoms with Gasteiger partial charge in [-0.3, -0.25) is 9.78 Å². The summed E-state index contributed by atoms with van der Waals surface area (Å²) >= 11 is 0. The van der Waals surface area contributed by atoms with Gasteiger partial charge in [0.25, 0.3) is 5.91 Å². The molecule has 58 valence electrons. The summed E-state index contributed by atoms with van der Waals surface area (Å²) in [5.74, 6) is -0.136. The van der Waals surface area contributed by atoms with Crippen molar-refractivity contribution in [2.24, 2.45) is 0 Å². The number of amides is 1. The Hall–Kier alpha value is -1.65. The Morgan fingerprint density at radius 2 is 1.92 bits per heavy atom. The average molecular weight is 159 g/mol. The van der Waals surface area contributed by atoms with Gasteiger partial charge in [0.15, 0.2) is 5.69 Å². The molecular weight excluding hydrogens is 153 g/mol. The number of hydrogen-bond donors (Lipinski definition) is 0. The lowest BCUT2D eigenvalue weighted by atomic mass is 10.3. The van der Waals surface area contributed by atoms with E-state index in [1.54, 1.807) is 14.2 Å². The first-order valence-corrected chi connectivity index (χ1v) is 3.50. The van der Waals surface area contributed by atoms with Crippen molar-refractivity contribution >= 4 is 19.6 Å². The molecule has 0 aliphatic carbocycles. The van der Waals surface area contributed by atoms with Crippen molar-refractivity contribution in [1.82, 2.24) is 14.8 Å². The van der Waals surface area contributed by atoms with E-state index >= 15 is 0 Å². The Balaban J connectivity index is 2.67. The van der Waals surface area contributed by atoms with E-state index in [-0.39, 0.29) is 5.91 Å². The summed E-state index contributed by atoms with van der Waals surface area (Å²) in [6.45, 7) is 3.73. The molecule has 0 unspecified atom stereocenters. The second kappa shape index (κ2) is 2.17. The van der Waals surface area contributed by atoms with Crippen molar-refractivity contribution in [3.63, 3.8) is 0 Å². The lowest BCUT2D eigenvalue weighted by Crippen LogP contribution is -2.18. The fourth-order valence-corrected chi connectivity index (χ4v) is 1.15. The molecule has 0 atom stereocenters. The highest BCUT2D eigenvalue weighted by Crippen LogP contribution is 2.24. The molecule has 1 aliphatic heterocycles. The molecule has 2 heterocycles. The number of hydrogen-bond acceptors (Lipinski definition) is 3. The molecule has 1 aliphatic rings. The van der Waals surface area contributed by atoms with Crippen LogP contribution in [-0.2, 0) is 0 Å². The van der Waals surface area contributed by atoms with Crippen molar-refractivity contribution in [2.75, 3.05) is 0 Å². The van der Waals surface area contributed by atoms with Crippen LogP contribution in [0.3, 0.4) is 0 Å². The van der Waals surface area contributed by atoms with Crippen molar-refractivity contribution in [3.05, 3.63) is 30.4 Å². The van der Waals surface area contributed by atoms with E-state index in [2.05, 4.69) is 16.5 Å². The standard InChI is InChI=1S/C7H6BN3O/c1-4-5-6(7(12)11(4)8)10-3-2-9-5/h2-3H,1,8H2. The number of carbonyl (C=O) groups is 1. The van der Waals surface area contributed by atoms with Crippen molar-refractivity contribution in [1.29, 1.82) is 0 Å². The van der Waals surface area contributed by atoms with E-state index in [0.717, 1.165) is 0 Å². The van der Waals surface area contributed by atoms with E-state index in [1.165, 1.54) is 11.0 Å². The maximum atomic E-state index is 11.4. The van der Waals surface area contributed by atoms with Gasteiger partial charge in [0.05, 0.1) is 5.70 Å². The van der Waals surface area contributed by atoms with Crippen LogP contribution in [0.2, 0.25) is 0 Å². The normalized spacial score (nSPS) is 15.2. The second-order valence-corrected chi connectivity index (χ2v) is 2.56. The van der Waals surface area contributed by atoms with Crippen molar-refractivity contribution < 1.29 is 4.79 Å². The lowest BCUT2D eigenvalue weighted by molar-refractivity contribution is 0.0913. The first kappa shape index (κ1) is 7.03. The number of nitrogens with zero attached hydrogens (tertiary/aromatic N) is 3. The zero-order chi connectivity index (χ0) is 8.72. The summed E-state index contributed by atoms with van der Waals surface area (Å²) in [7, 11) is 1.66. The van der Waals surface area contributed by atoms with Gasteiger partial charge in [0.2, 0.25) is 7.98 Å². The van der Waals surface area contributed by atoms with E-state index in [1.807, 2.05) is 0 Å². The van der Waals surface area contributed by atoms with E-state index in [9.17, 15) is 4.79 Å². The van der Waals surface area contributed by atoms with E-state index < -0.39 is 0 Å². The summed E-state index contributed by atoms with van der Waals surface area (Å²) in [5.41, 5.74) is 1.60. The zero-order valence-corrected chi connectivity index (χ0v) is 6.61. The van der Waals surface area contributed by atoms with Gasteiger partial charge >= 0.3 is 0 Å². The monoisotopic (exact) mass is 159 g/mol. The van der Waals surface area contributed by atoms with Crippen molar-refractivity contribution in [2.45, 2.75) is 0 Å². The van der Waals surface area contributed by atoms with Crippen LogP contribution >= 0.6 is 0 Å². The molecule has 1 aromatic heterocycles. The van der Waals surface area contributed by atoms with Gasteiger partial charge in [-0.1, -0.05) is 6.58 Å². The first-order chi connectivity index (χ1) is 5.72. The third-order valence-electron chi connectivity index (χ3n) is 1.88. The van der Waals surface area contributed by atoms with E-state index in [4.69, 9.17) is 0 Å². The van der Waals surface area contributed by atoms with Gasteiger partial charge in [-0.05, 0) is 0 Å². The molecule has 0 saturated carbocycles. The van der Waals surface area contributed by atoms with Crippen LogP contribution in [0, 0.1) is 0 Å². The number of rotatable bonds is 0. The molecule has 0 N–H and O–H groups in total. The Bertz CT molecular complexity index is 342. The third kappa shape index (κ3) is 0.703. The molecule has 0 aromatic carbocycles. The smallest absolute Gasteiger partial charge is 0.266 e. The molecular formula is C7H6BN3O. The van der Waals surface area contributed by atoms with Gasteiger partial charge in [-0.25, -0.2) is 4.98 Å². The highest BCUT2D eigenvalue weighted by atomic mass is 16.2. The predicted molar refractivity (Wildman–Crippen MR) is 45.8 cm³/mol. The maximum absolute atomic E-state index is 11.4. The molecule has 0 fully saturated rings. The molecule has 0 radical (unpaired) electrons. The molecule has 5 heteroatoms. The fourth-order valence-electron chi connectivity index (χ4n) is 1.15. The van der Waals surface area contributed by atoms with Crippen LogP contribution in [0.1, 0.15) is 16.2 Å². The van der Waals surface area contributed by atoms with Crippen LogP contribution in [0.15, 0.2) is 19.0 Å². The molecule has 4 nitrogen and oxygen atoms in total. The molecule has 12 heavy (non-hydrogen) atoms. The summed E-state index contributed by atoms with van der Waals surface area (Å²) in [6, 6.07) is 0. The molecule has 1 aromatic rings.